The van der Waals surface area contributed by atoms with E-state index in [-0.39, 0.29) is 0 Å². The van der Waals surface area contributed by atoms with Crippen LogP contribution in [-0.4, -0.2) is 0 Å². The maximum atomic E-state index is 3.81. The van der Waals surface area contributed by atoms with E-state index in [1.54, 1.807) is 0 Å². The second-order valence-corrected chi connectivity index (χ2v) is 2.85. The fraction of sp³-hybridized carbons (Fsp3) is 0.700. The zero-order chi connectivity index (χ0) is 7.82. The molecule has 0 N–H and O–H groups in total. The van der Waals surface area contributed by atoms with Crippen LogP contribution in [0.3, 0.4) is 0 Å². The first-order valence-corrected chi connectivity index (χ1v) is 4.23. The molecule has 1 radical (unpaired) electrons. The van der Waals surface area contributed by atoms with Gasteiger partial charge < -0.3 is 0 Å². The van der Waals surface area contributed by atoms with Gasteiger partial charge >= 0.3 is 0 Å². The summed E-state index contributed by atoms with van der Waals surface area (Å²) in [6.07, 6.45) is 9.41. The maximum absolute atomic E-state index is 3.81. The smallest absolute Gasteiger partial charge is 0.0262 e. The van der Waals surface area contributed by atoms with Crippen molar-refractivity contribution in [2.75, 3.05) is 0 Å². The van der Waals surface area contributed by atoms with E-state index in [2.05, 4.69) is 32.9 Å². The molecule has 10 heavy (non-hydrogen) atoms. The first kappa shape index (κ1) is 9.74. The molecule has 0 aliphatic rings. The molecule has 0 rings (SSSR count). The number of hydrogen-bond donors (Lipinski definition) is 0. The number of rotatable bonds is 5. The van der Waals surface area contributed by atoms with Crippen LogP contribution >= 0.6 is 0 Å². The number of unbranched alkanes of at least 4 members (excludes halogenated alkanes) is 2. The van der Waals surface area contributed by atoms with E-state index in [4.69, 9.17) is 0 Å². The van der Waals surface area contributed by atoms with Crippen LogP contribution in [0.2, 0.25) is 0 Å². The van der Waals surface area contributed by atoms with Crippen LogP contribution in [0.25, 0.3) is 0 Å². The molecule has 0 nitrogen and oxygen atoms in total. The Hall–Kier alpha value is -0.260. The molecule has 1 atom stereocenters. The number of hydrogen-bond acceptors (Lipinski definition) is 0. The lowest BCUT2D eigenvalue weighted by Crippen LogP contribution is -1.88. The van der Waals surface area contributed by atoms with Crippen molar-refractivity contribution in [3.8, 4) is 0 Å². The molecule has 1 unspecified atom stereocenters. The highest BCUT2D eigenvalue weighted by Gasteiger charge is 1.94. The summed E-state index contributed by atoms with van der Waals surface area (Å²) in [6, 6.07) is 0. The first-order valence-electron chi connectivity index (χ1n) is 4.23. The summed E-state index contributed by atoms with van der Waals surface area (Å²) in [5, 5.41) is 0. The third-order valence-electron chi connectivity index (χ3n) is 1.68. The summed E-state index contributed by atoms with van der Waals surface area (Å²) in [6.45, 7) is 8.16. The van der Waals surface area contributed by atoms with Gasteiger partial charge in [0.1, 0.15) is 0 Å². The van der Waals surface area contributed by atoms with Crippen LogP contribution in [-0.2, 0) is 0 Å². The molecule has 0 saturated carbocycles. The Morgan fingerprint density at radius 1 is 1.40 bits per heavy atom. The Bertz CT molecular complexity index is 82.0. The monoisotopic (exact) mass is 139 g/mol. The predicted octanol–water partition coefficient (Wildman–Crippen LogP) is 3.59. The lowest BCUT2D eigenvalue weighted by molar-refractivity contribution is 0.584. The summed E-state index contributed by atoms with van der Waals surface area (Å²) < 4.78 is 0. The minimum atomic E-state index is 0.761. The Balaban J connectivity index is 3.13. The standard InChI is InChI=1S/C10H19/c1-4-6-7-9-10(3)8-5-2/h5,8,10H,1,4,6-7,9H2,2-3H3. The van der Waals surface area contributed by atoms with E-state index in [1.165, 1.54) is 19.3 Å². The van der Waals surface area contributed by atoms with Crippen molar-refractivity contribution in [3.63, 3.8) is 0 Å². The molecular formula is C10H19. The van der Waals surface area contributed by atoms with Gasteiger partial charge in [-0.2, -0.15) is 0 Å². The highest BCUT2D eigenvalue weighted by atomic mass is 14.0. The van der Waals surface area contributed by atoms with Crippen molar-refractivity contribution in [1.29, 1.82) is 0 Å². The SMILES string of the molecule is [CH2]CCCCC(C)C=CC. The molecule has 0 aromatic carbocycles. The first-order chi connectivity index (χ1) is 4.81. The van der Waals surface area contributed by atoms with E-state index < -0.39 is 0 Å². The summed E-state index contributed by atoms with van der Waals surface area (Å²) in [5.74, 6) is 0.761. The van der Waals surface area contributed by atoms with Gasteiger partial charge in [0.15, 0.2) is 0 Å². The molecule has 0 saturated heterocycles. The summed E-state index contributed by atoms with van der Waals surface area (Å²) in [5.41, 5.74) is 0. The van der Waals surface area contributed by atoms with Crippen molar-refractivity contribution >= 4 is 0 Å². The average Bonchev–Trinajstić information content (AvgIpc) is 1.89. The molecule has 0 fully saturated rings. The van der Waals surface area contributed by atoms with Crippen molar-refractivity contribution in [1.82, 2.24) is 0 Å². The quantitative estimate of drug-likeness (QED) is 0.403. The van der Waals surface area contributed by atoms with Crippen LogP contribution in [0.1, 0.15) is 39.5 Å². The van der Waals surface area contributed by atoms with Crippen LogP contribution in [0.5, 0.6) is 0 Å². The van der Waals surface area contributed by atoms with E-state index in [9.17, 15) is 0 Å². The molecule has 0 aromatic rings. The molecule has 0 spiro atoms. The van der Waals surface area contributed by atoms with Crippen LogP contribution in [0.15, 0.2) is 12.2 Å². The molecule has 0 aromatic heterocycles. The zero-order valence-corrected chi connectivity index (χ0v) is 7.27. The molecule has 0 amide bonds. The minimum Gasteiger partial charge on any atom is -0.0914 e. The fourth-order valence-electron chi connectivity index (χ4n) is 1.07. The van der Waals surface area contributed by atoms with Crippen molar-refractivity contribution in [2.45, 2.75) is 39.5 Å². The van der Waals surface area contributed by atoms with Gasteiger partial charge in [-0.1, -0.05) is 45.3 Å². The van der Waals surface area contributed by atoms with Gasteiger partial charge in [-0.25, -0.2) is 0 Å². The summed E-state index contributed by atoms with van der Waals surface area (Å²) >= 11 is 0. The third kappa shape index (κ3) is 5.87. The van der Waals surface area contributed by atoms with Gasteiger partial charge in [0.05, 0.1) is 0 Å². The van der Waals surface area contributed by atoms with Crippen LogP contribution in [0, 0.1) is 12.8 Å². The topological polar surface area (TPSA) is 0 Å². The molecule has 0 heterocycles. The average molecular weight is 139 g/mol. The third-order valence-corrected chi connectivity index (χ3v) is 1.68. The van der Waals surface area contributed by atoms with Gasteiger partial charge in [-0.3, -0.25) is 0 Å². The number of allylic oxidation sites excluding steroid dienone is 2. The van der Waals surface area contributed by atoms with Crippen LogP contribution in [0.4, 0.5) is 0 Å². The Morgan fingerprint density at radius 3 is 2.60 bits per heavy atom. The Morgan fingerprint density at radius 2 is 2.10 bits per heavy atom. The second kappa shape index (κ2) is 6.85. The van der Waals surface area contributed by atoms with Gasteiger partial charge in [0, 0.05) is 0 Å². The van der Waals surface area contributed by atoms with Gasteiger partial charge in [0.25, 0.3) is 0 Å². The fourth-order valence-corrected chi connectivity index (χ4v) is 1.07. The molecule has 0 aliphatic heterocycles. The largest absolute Gasteiger partial charge is 0.0914 e. The Kier molecular flexibility index (Phi) is 6.68. The van der Waals surface area contributed by atoms with Gasteiger partial charge in [-0.05, 0) is 19.3 Å². The van der Waals surface area contributed by atoms with E-state index >= 15 is 0 Å². The van der Waals surface area contributed by atoms with Crippen molar-refractivity contribution < 1.29 is 0 Å². The van der Waals surface area contributed by atoms with Gasteiger partial charge in [0.2, 0.25) is 0 Å². The van der Waals surface area contributed by atoms with Gasteiger partial charge in [-0.15, -0.1) is 0 Å². The lowest BCUT2D eigenvalue weighted by atomic mass is 10.0. The van der Waals surface area contributed by atoms with E-state index in [0.717, 1.165) is 12.3 Å². The second-order valence-electron chi connectivity index (χ2n) is 2.85. The van der Waals surface area contributed by atoms with Crippen LogP contribution < -0.4 is 0 Å². The molecule has 0 aliphatic carbocycles. The highest BCUT2D eigenvalue weighted by molar-refractivity contribution is 4.82. The van der Waals surface area contributed by atoms with E-state index in [1.807, 2.05) is 0 Å². The highest BCUT2D eigenvalue weighted by Crippen LogP contribution is 2.09. The maximum Gasteiger partial charge on any atom is -0.0262 e. The van der Waals surface area contributed by atoms with Crippen molar-refractivity contribution in [3.05, 3.63) is 19.1 Å². The minimum absolute atomic E-state index is 0.761. The molecule has 59 valence electrons. The molecule has 0 heteroatoms. The summed E-state index contributed by atoms with van der Waals surface area (Å²) in [4.78, 5) is 0. The predicted molar refractivity (Wildman–Crippen MR) is 47.8 cm³/mol. The zero-order valence-electron chi connectivity index (χ0n) is 7.27. The molecule has 0 bridgehead atoms. The van der Waals surface area contributed by atoms with Crippen molar-refractivity contribution in [2.24, 2.45) is 5.92 Å². The summed E-state index contributed by atoms with van der Waals surface area (Å²) in [7, 11) is 0. The normalized spacial score (nSPS) is 14.3. The van der Waals surface area contributed by atoms with E-state index in [0.29, 0.717) is 0 Å². The Labute approximate surface area is 65.3 Å². The molecular weight excluding hydrogens is 120 g/mol. The lowest BCUT2D eigenvalue weighted by Gasteiger charge is -2.03.